The Kier molecular flexibility index (Phi) is 4.61. The molecule has 0 radical (unpaired) electrons. The van der Waals surface area contributed by atoms with Crippen LogP contribution in [0.25, 0.3) is 5.69 Å². The second-order valence-electron chi connectivity index (χ2n) is 6.48. The van der Waals surface area contributed by atoms with E-state index in [9.17, 15) is 9.90 Å². The minimum absolute atomic E-state index is 0.0704. The minimum atomic E-state index is -0.247. The summed E-state index contributed by atoms with van der Waals surface area (Å²) in [6, 6.07) is 14.5. The lowest BCUT2D eigenvalue weighted by atomic mass is 10.0. The van der Waals surface area contributed by atoms with Crippen molar-refractivity contribution in [2.45, 2.75) is 24.3 Å². The highest BCUT2D eigenvalue weighted by Crippen LogP contribution is 2.46. The Bertz CT molecular complexity index is 1020. The summed E-state index contributed by atoms with van der Waals surface area (Å²) in [4.78, 5) is 12.6. The Balaban J connectivity index is 1.91. The number of nitrogens with zero attached hydrogens (tertiary/aromatic N) is 2. The van der Waals surface area contributed by atoms with E-state index in [4.69, 9.17) is 11.6 Å². The molecule has 2 heterocycles. The average Bonchev–Trinajstić information content (AvgIpc) is 2.88. The highest BCUT2D eigenvalue weighted by molar-refractivity contribution is 8.01. The van der Waals surface area contributed by atoms with Crippen molar-refractivity contribution in [3.05, 3.63) is 70.4 Å². The molecule has 1 amide bonds. The summed E-state index contributed by atoms with van der Waals surface area (Å²) in [5.74, 6) is 0.789. The number of aromatic hydroxyl groups is 1. The first-order chi connectivity index (χ1) is 12.9. The van der Waals surface area contributed by atoms with Gasteiger partial charge in [-0.25, -0.2) is 4.68 Å². The van der Waals surface area contributed by atoms with Crippen LogP contribution in [-0.4, -0.2) is 26.0 Å². The zero-order chi connectivity index (χ0) is 19.1. The number of phenolic OH excluding ortho intramolecular Hbond substituents is 1. The highest BCUT2D eigenvalue weighted by Gasteiger charge is 2.34. The van der Waals surface area contributed by atoms with E-state index in [1.54, 1.807) is 40.7 Å². The fourth-order valence-corrected chi connectivity index (χ4v) is 4.67. The fourth-order valence-electron chi connectivity index (χ4n) is 3.23. The van der Waals surface area contributed by atoms with Crippen LogP contribution < -0.4 is 5.32 Å². The van der Waals surface area contributed by atoms with Crippen molar-refractivity contribution >= 4 is 35.1 Å². The van der Waals surface area contributed by atoms with E-state index in [0.29, 0.717) is 10.8 Å². The van der Waals surface area contributed by atoms with Gasteiger partial charge >= 0.3 is 0 Å². The normalized spacial score (nSPS) is 19.3. The smallest absolute Gasteiger partial charge is 0.238 e. The highest BCUT2D eigenvalue weighted by atomic mass is 35.5. The number of anilines is 1. The molecule has 1 aromatic heterocycles. The molecule has 27 heavy (non-hydrogen) atoms. The molecule has 3 aromatic rings. The molecule has 2 unspecified atom stereocenters. The number of thioether (sulfide) groups is 1. The molecule has 0 saturated carbocycles. The molecule has 0 aliphatic carbocycles. The number of benzene rings is 2. The van der Waals surface area contributed by atoms with Crippen molar-refractivity contribution in [1.82, 2.24) is 9.78 Å². The third kappa shape index (κ3) is 3.31. The maximum atomic E-state index is 12.6. The molecule has 0 fully saturated rings. The van der Waals surface area contributed by atoms with Crippen LogP contribution in [0.1, 0.15) is 29.0 Å². The SMILES string of the molecule is Cc1nn(-c2ccc(Cl)cc2)c2c1C(c1cccc(O)c1)SC(C)C(=O)N2. The first-order valence-electron chi connectivity index (χ1n) is 8.55. The molecule has 2 N–H and O–H groups in total. The quantitative estimate of drug-likeness (QED) is 0.655. The second-order valence-corrected chi connectivity index (χ2v) is 8.37. The number of carbonyl (C=O) groups is 1. The summed E-state index contributed by atoms with van der Waals surface area (Å²) >= 11 is 7.56. The van der Waals surface area contributed by atoms with Crippen LogP contribution in [0.3, 0.4) is 0 Å². The van der Waals surface area contributed by atoms with E-state index >= 15 is 0 Å². The van der Waals surface area contributed by atoms with Crippen LogP contribution in [0.4, 0.5) is 5.82 Å². The summed E-state index contributed by atoms with van der Waals surface area (Å²) in [5.41, 5.74) is 3.52. The number of hydrogen-bond donors (Lipinski definition) is 2. The Morgan fingerprint density at radius 2 is 1.96 bits per heavy atom. The van der Waals surface area contributed by atoms with Crippen LogP contribution >= 0.6 is 23.4 Å². The Labute approximate surface area is 166 Å². The van der Waals surface area contributed by atoms with Crippen molar-refractivity contribution in [2.75, 3.05) is 5.32 Å². The monoisotopic (exact) mass is 399 g/mol. The molecular weight excluding hydrogens is 382 g/mol. The van der Waals surface area contributed by atoms with Crippen molar-refractivity contribution in [2.24, 2.45) is 0 Å². The van der Waals surface area contributed by atoms with Crippen molar-refractivity contribution < 1.29 is 9.90 Å². The number of carbonyl (C=O) groups excluding carboxylic acids is 1. The third-order valence-corrected chi connectivity index (χ3v) is 6.22. The topological polar surface area (TPSA) is 67.1 Å². The lowest BCUT2D eigenvalue weighted by molar-refractivity contribution is -0.115. The van der Waals surface area contributed by atoms with Gasteiger partial charge in [0.1, 0.15) is 11.6 Å². The van der Waals surface area contributed by atoms with Gasteiger partial charge in [-0.15, -0.1) is 11.8 Å². The van der Waals surface area contributed by atoms with Gasteiger partial charge in [-0.05, 0) is 55.8 Å². The molecule has 0 saturated heterocycles. The molecule has 4 rings (SSSR count). The Hall–Kier alpha value is -2.44. The first-order valence-corrected chi connectivity index (χ1v) is 9.87. The van der Waals surface area contributed by atoms with Crippen LogP contribution in [0, 0.1) is 6.92 Å². The van der Waals surface area contributed by atoms with E-state index in [-0.39, 0.29) is 22.2 Å². The van der Waals surface area contributed by atoms with Gasteiger partial charge in [0.2, 0.25) is 5.91 Å². The molecule has 2 atom stereocenters. The van der Waals surface area contributed by atoms with E-state index in [2.05, 4.69) is 10.4 Å². The zero-order valence-electron chi connectivity index (χ0n) is 14.8. The van der Waals surface area contributed by atoms with Crippen LogP contribution in [-0.2, 0) is 4.79 Å². The minimum Gasteiger partial charge on any atom is -0.508 e. The number of aryl methyl sites for hydroxylation is 1. The number of amides is 1. The second kappa shape index (κ2) is 6.94. The van der Waals surface area contributed by atoms with Gasteiger partial charge in [-0.3, -0.25) is 4.79 Å². The molecule has 7 heteroatoms. The lowest BCUT2D eigenvalue weighted by Gasteiger charge is -2.17. The van der Waals surface area contributed by atoms with E-state index < -0.39 is 0 Å². The molecule has 1 aliphatic rings. The van der Waals surface area contributed by atoms with E-state index in [1.807, 2.05) is 38.1 Å². The zero-order valence-corrected chi connectivity index (χ0v) is 16.4. The van der Waals surface area contributed by atoms with Gasteiger partial charge in [0, 0.05) is 10.6 Å². The molecule has 1 aliphatic heterocycles. The van der Waals surface area contributed by atoms with Crippen LogP contribution in [0.15, 0.2) is 48.5 Å². The number of hydrogen-bond acceptors (Lipinski definition) is 4. The van der Waals surface area contributed by atoms with Crippen molar-refractivity contribution in [1.29, 1.82) is 0 Å². The maximum absolute atomic E-state index is 12.6. The van der Waals surface area contributed by atoms with Crippen LogP contribution in [0.5, 0.6) is 5.75 Å². The number of aromatic nitrogens is 2. The molecule has 5 nitrogen and oxygen atoms in total. The fraction of sp³-hybridized carbons (Fsp3) is 0.200. The molecule has 2 aromatic carbocycles. The number of rotatable bonds is 2. The van der Waals surface area contributed by atoms with Gasteiger partial charge in [-0.2, -0.15) is 5.10 Å². The number of fused-ring (bicyclic) bond motifs is 1. The van der Waals surface area contributed by atoms with Crippen molar-refractivity contribution in [3.63, 3.8) is 0 Å². The molecule has 0 spiro atoms. The Morgan fingerprint density at radius 1 is 1.22 bits per heavy atom. The summed E-state index contributed by atoms with van der Waals surface area (Å²) in [5, 5.41) is 17.9. The molecule has 138 valence electrons. The standard InChI is InChI=1S/C20H18ClN3O2S/c1-11-17-18(13-4-3-5-16(25)10-13)27-12(2)20(26)22-19(17)24(23-11)15-8-6-14(21)7-9-15/h3-10,12,18,25H,1-2H3,(H,22,26). The van der Waals surface area contributed by atoms with E-state index in [0.717, 1.165) is 22.5 Å². The van der Waals surface area contributed by atoms with Crippen molar-refractivity contribution in [3.8, 4) is 11.4 Å². The van der Waals surface area contributed by atoms with Gasteiger partial charge < -0.3 is 10.4 Å². The Morgan fingerprint density at radius 3 is 2.67 bits per heavy atom. The predicted octanol–water partition coefficient (Wildman–Crippen LogP) is 4.70. The van der Waals surface area contributed by atoms with Gasteiger partial charge in [-0.1, -0.05) is 23.7 Å². The third-order valence-electron chi connectivity index (χ3n) is 4.56. The van der Waals surface area contributed by atoms with E-state index in [1.165, 1.54) is 0 Å². The summed E-state index contributed by atoms with van der Waals surface area (Å²) in [7, 11) is 0. The summed E-state index contributed by atoms with van der Waals surface area (Å²) < 4.78 is 1.74. The van der Waals surface area contributed by atoms with Crippen LogP contribution in [0.2, 0.25) is 5.02 Å². The largest absolute Gasteiger partial charge is 0.508 e. The molecule has 0 bridgehead atoms. The lowest BCUT2D eigenvalue weighted by Crippen LogP contribution is -2.22. The van der Waals surface area contributed by atoms with Gasteiger partial charge in [0.05, 0.1) is 21.9 Å². The van der Waals surface area contributed by atoms with Gasteiger partial charge in [0.25, 0.3) is 0 Å². The molecular formula is C20H18ClN3O2S. The number of phenols is 1. The number of nitrogens with one attached hydrogen (secondary N) is 1. The van der Waals surface area contributed by atoms with Gasteiger partial charge in [0.15, 0.2) is 0 Å². The first kappa shape index (κ1) is 17.9. The number of halogens is 1. The maximum Gasteiger partial charge on any atom is 0.238 e. The average molecular weight is 400 g/mol. The summed E-state index contributed by atoms with van der Waals surface area (Å²) in [6.07, 6.45) is 0. The summed E-state index contributed by atoms with van der Waals surface area (Å²) in [6.45, 7) is 3.82. The predicted molar refractivity (Wildman–Crippen MR) is 109 cm³/mol.